The SMILES string of the molecule is Cc1cnc2c(c1)nc(N)n2Cc1ccnc(C)n1. The lowest BCUT2D eigenvalue weighted by Crippen LogP contribution is -2.07. The standard InChI is InChI=1S/C13H14N6/c1-8-5-11-12(16-6-8)19(13(14)18-11)7-10-3-4-15-9(2)17-10/h3-6H,7H2,1-2H3,(H2,14,18). The molecule has 0 aliphatic rings. The van der Waals surface area contributed by atoms with E-state index in [0.29, 0.717) is 12.5 Å². The van der Waals surface area contributed by atoms with Crippen molar-refractivity contribution in [2.45, 2.75) is 20.4 Å². The van der Waals surface area contributed by atoms with Crippen LogP contribution in [0.4, 0.5) is 5.95 Å². The van der Waals surface area contributed by atoms with Gasteiger partial charge in [0.15, 0.2) is 5.65 Å². The lowest BCUT2D eigenvalue weighted by atomic mass is 10.3. The molecule has 0 amide bonds. The van der Waals surface area contributed by atoms with E-state index >= 15 is 0 Å². The van der Waals surface area contributed by atoms with Crippen molar-refractivity contribution in [3.63, 3.8) is 0 Å². The summed E-state index contributed by atoms with van der Waals surface area (Å²) in [6.07, 6.45) is 3.55. The van der Waals surface area contributed by atoms with E-state index < -0.39 is 0 Å². The first kappa shape index (κ1) is 11.6. The molecular weight excluding hydrogens is 240 g/mol. The number of pyridine rings is 1. The average Bonchev–Trinajstić information content (AvgIpc) is 2.65. The minimum atomic E-state index is 0.448. The van der Waals surface area contributed by atoms with Gasteiger partial charge < -0.3 is 5.73 Å². The van der Waals surface area contributed by atoms with Crippen LogP contribution in [-0.2, 0) is 6.54 Å². The number of hydrogen-bond donors (Lipinski definition) is 1. The zero-order valence-corrected chi connectivity index (χ0v) is 10.8. The Labute approximate surface area is 110 Å². The zero-order chi connectivity index (χ0) is 13.4. The number of hydrogen-bond acceptors (Lipinski definition) is 5. The number of imidazole rings is 1. The molecule has 19 heavy (non-hydrogen) atoms. The van der Waals surface area contributed by atoms with E-state index in [-0.39, 0.29) is 0 Å². The van der Waals surface area contributed by atoms with Crippen molar-refractivity contribution in [1.82, 2.24) is 24.5 Å². The number of nitrogens with zero attached hydrogens (tertiary/aromatic N) is 5. The second kappa shape index (κ2) is 4.31. The van der Waals surface area contributed by atoms with Gasteiger partial charge in [0.2, 0.25) is 5.95 Å². The molecule has 3 rings (SSSR count). The molecule has 0 radical (unpaired) electrons. The molecule has 3 aromatic heterocycles. The number of anilines is 1. The molecule has 0 aliphatic heterocycles. The highest BCUT2D eigenvalue weighted by Gasteiger charge is 2.10. The largest absolute Gasteiger partial charge is 0.369 e. The quantitative estimate of drug-likeness (QED) is 0.748. The number of fused-ring (bicyclic) bond motifs is 1. The highest BCUT2D eigenvalue weighted by atomic mass is 15.2. The maximum atomic E-state index is 5.96. The van der Waals surface area contributed by atoms with E-state index in [1.165, 1.54) is 0 Å². The van der Waals surface area contributed by atoms with Crippen LogP contribution >= 0.6 is 0 Å². The molecule has 0 spiro atoms. The Morgan fingerprint density at radius 2 is 2.05 bits per heavy atom. The van der Waals surface area contributed by atoms with E-state index in [2.05, 4.69) is 19.9 Å². The fraction of sp³-hybridized carbons (Fsp3) is 0.231. The molecule has 0 aromatic carbocycles. The predicted molar refractivity (Wildman–Crippen MR) is 72.5 cm³/mol. The molecule has 6 nitrogen and oxygen atoms in total. The summed E-state index contributed by atoms with van der Waals surface area (Å²) in [6.45, 7) is 4.39. The first-order valence-corrected chi connectivity index (χ1v) is 6.00. The molecule has 6 heteroatoms. The Kier molecular flexibility index (Phi) is 2.63. The molecule has 0 aliphatic carbocycles. The molecule has 0 atom stereocenters. The van der Waals surface area contributed by atoms with Crippen LogP contribution in [0.5, 0.6) is 0 Å². The van der Waals surface area contributed by atoms with Gasteiger partial charge in [0.25, 0.3) is 0 Å². The lowest BCUT2D eigenvalue weighted by molar-refractivity contribution is 0.787. The van der Waals surface area contributed by atoms with Gasteiger partial charge in [0.05, 0.1) is 12.2 Å². The first-order valence-electron chi connectivity index (χ1n) is 6.00. The molecule has 96 valence electrons. The molecule has 0 saturated carbocycles. The first-order chi connectivity index (χ1) is 9.13. The van der Waals surface area contributed by atoms with Gasteiger partial charge in [0.1, 0.15) is 11.3 Å². The summed E-state index contributed by atoms with van der Waals surface area (Å²) < 4.78 is 1.86. The summed E-state index contributed by atoms with van der Waals surface area (Å²) in [6, 6.07) is 3.84. The van der Waals surface area contributed by atoms with Crippen LogP contribution in [0.3, 0.4) is 0 Å². The summed E-state index contributed by atoms with van der Waals surface area (Å²) >= 11 is 0. The van der Waals surface area contributed by atoms with Crippen molar-refractivity contribution >= 4 is 17.1 Å². The Morgan fingerprint density at radius 3 is 2.84 bits per heavy atom. The zero-order valence-electron chi connectivity index (χ0n) is 10.8. The molecule has 0 saturated heterocycles. The topological polar surface area (TPSA) is 82.5 Å². The van der Waals surface area contributed by atoms with E-state index in [1.54, 1.807) is 6.20 Å². The Bertz CT molecular complexity index is 746. The van der Waals surface area contributed by atoms with Crippen LogP contribution in [0, 0.1) is 13.8 Å². The van der Waals surface area contributed by atoms with Gasteiger partial charge >= 0.3 is 0 Å². The van der Waals surface area contributed by atoms with Crippen molar-refractivity contribution in [3.05, 3.63) is 41.6 Å². The average molecular weight is 254 g/mol. The molecular formula is C13H14N6. The lowest BCUT2D eigenvalue weighted by Gasteiger charge is -2.05. The van der Waals surface area contributed by atoms with Gasteiger partial charge in [-0.2, -0.15) is 0 Å². The van der Waals surface area contributed by atoms with Gasteiger partial charge in [-0.05, 0) is 31.5 Å². The van der Waals surface area contributed by atoms with Crippen LogP contribution in [-0.4, -0.2) is 24.5 Å². The third-order valence-corrected chi connectivity index (χ3v) is 2.90. The summed E-state index contributed by atoms with van der Waals surface area (Å²) in [5.74, 6) is 1.19. The molecule has 3 heterocycles. The van der Waals surface area contributed by atoms with Crippen molar-refractivity contribution in [1.29, 1.82) is 0 Å². The summed E-state index contributed by atoms with van der Waals surface area (Å²) in [4.78, 5) is 17.2. The monoisotopic (exact) mass is 254 g/mol. The van der Waals surface area contributed by atoms with Crippen molar-refractivity contribution in [2.24, 2.45) is 0 Å². The maximum Gasteiger partial charge on any atom is 0.202 e. The van der Waals surface area contributed by atoms with Crippen LogP contribution in [0.15, 0.2) is 24.5 Å². The second-order valence-corrected chi connectivity index (χ2v) is 4.51. The van der Waals surface area contributed by atoms with Gasteiger partial charge in [-0.15, -0.1) is 0 Å². The molecule has 0 fully saturated rings. The fourth-order valence-corrected chi connectivity index (χ4v) is 2.04. The third kappa shape index (κ3) is 2.12. The molecule has 3 aromatic rings. The van der Waals surface area contributed by atoms with Crippen LogP contribution in [0.25, 0.3) is 11.2 Å². The second-order valence-electron chi connectivity index (χ2n) is 4.51. The van der Waals surface area contributed by atoms with Crippen LogP contribution < -0.4 is 5.73 Å². The number of aromatic nitrogens is 5. The van der Waals surface area contributed by atoms with Gasteiger partial charge in [-0.1, -0.05) is 0 Å². The third-order valence-electron chi connectivity index (χ3n) is 2.90. The van der Waals surface area contributed by atoms with E-state index in [9.17, 15) is 0 Å². The molecule has 0 bridgehead atoms. The number of aryl methyl sites for hydroxylation is 2. The number of nitrogen functional groups attached to an aromatic ring is 1. The normalized spacial score (nSPS) is 11.1. The predicted octanol–water partition coefficient (Wildman–Crippen LogP) is 1.47. The van der Waals surface area contributed by atoms with Gasteiger partial charge in [-0.3, -0.25) is 4.57 Å². The van der Waals surface area contributed by atoms with E-state index in [1.807, 2.05) is 36.7 Å². The molecule has 2 N–H and O–H groups in total. The Balaban J connectivity index is 2.07. The van der Waals surface area contributed by atoms with Gasteiger partial charge in [-0.25, -0.2) is 19.9 Å². The number of rotatable bonds is 2. The minimum Gasteiger partial charge on any atom is -0.369 e. The molecule has 0 unspecified atom stereocenters. The van der Waals surface area contributed by atoms with Crippen LogP contribution in [0.2, 0.25) is 0 Å². The maximum absolute atomic E-state index is 5.96. The van der Waals surface area contributed by atoms with E-state index in [0.717, 1.165) is 28.2 Å². The Hall–Kier alpha value is -2.50. The van der Waals surface area contributed by atoms with E-state index in [4.69, 9.17) is 5.73 Å². The Morgan fingerprint density at radius 1 is 1.21 bits per heavy atom. The summed E-state index contributed by atoms with van der Waals surface area (Å²) in [5.41, 5.74) is 9.50. The minimum absolute atomic E-state index is 0.448. The van der Waals surface area contributed by atoms with Crippen molar-refractivity contribution in [3.8, 4) is 0 Å². The number of nitrogens with two attached hydrogens (primary N) is 1. The van der Waals surface area contributed by atoms with Crippen molar-refractivity contribution in [2.75, 3.05) is 5.73 Å². The highest BCUT2D eigenvalue weighted by molar-refractivity contribution is 5.74. The highest BCUT2D eigenvalue weighted by Crippen LogP contribution is 2.17. The fourth-order valence-electron chi connectivity index (χ4n) is 2.04. The van der Waals surface area contributed by atoms with Gasteiger partial charge in [0, 0.05) is 12.4 Å². The van der Waals surface area contributed by atoms with Crippen LogP contribution in [0.1, 0.15) is 17.1 Å². The smallest absolute Gasteiger partial charge is 0.202 e. The summed E-state index contributed by atoms with van der Waals surface area (Å²) in [7, 11) is 0. The van der Waals surface area contributed by atoms with Crippen molar-refractivity contribution < 1.29 is 0 Å². The summed E-state index contributed by atoms with van der Waals surface area (Å²) in [5, 5.41) is 0.